The molecule has 0 aliphatic carbocycles. The fraction of sp³-hybridized carbons (Fsp3) is 1.00. The summed E-state index contributed by atoms with van der Waals surface area (Å²) in [6.45, 7) is 12.1. The Bertz CT molecular complexity index is 286. The summed E-state index contributed by atoms with van der Waals surface area (Å²) in [5, 5.41) is 0. The Morgan fingerprint density at radius 1 is 1.07 bits per heavy atom. The van der Waals surface area contributed by atoms with Gasteiger partial charge in [-0.3, -0.25) is 0 Å². The van der Waals surface area contributed by atoms with Crippen molar-refractivity contribution >= 4 is 10.0 Å². The van der Waals surface area contributed by atoms with Gasteiger partial charge in [0.05, 0.1) is 5.75 Å². The summed E-state index contributed by atoms with van der Waals surface area (Å²) in [6, 6.07) is 0. The van der Waals surface area contributed by atoms with Gasteiger partial charge < -0.3 is 0 Å². The van der Waals surface area contributed by atoms with E-state index in [0.29, 0.717) is 6.42 Å². The van der Waals surface area contributed by atoms with E-state index in [0.717, 1.165) is 6.42 Å². The second-order valence-corrected chi connectivity index (χ2v) is 7.88. The van der Waals surface area contributed by atoms with Crippen molar-refractivity contribution in [3.63, 3.8) is 0 Å². The zero-order chi connectivity index (χ0) is 12.3. The first kappa shape index (κ1) is 14.9. The Kier molecular flexibility index (Phi) is 4.80. The van der Waals surface area contributed by atoms with Gasteiger partial charge in [0.2, 0.25) is 10.0 Å². The molecule has 0 amide bonds. The van der Waals surface area contributed by atoms with E-state index in [9.17, 15) is 8.42 Å². The number of hydrogen-bond donors (Lipinski definition) is 1. The van der Waals surface area contributed by atoms with Gasteiger partial charge in [-0.05, 0) is 32.1 Å². The topological polar surface area (TPSA) is 46.2 Å². The minimum Gasteiger partial charge on any atom is -0.212 e. The van der Waals surface area contributed by atoms with E-state index in [1.807, 2.05) is 20.8 Å². The second-order valence-electron chi connectivity index (χ2n) is 6.04. The molecular weight excluding hydrogens is 210 g/mol. The van der Waals surface area contributed by atoms with Crippen molar-refractivity contribution < 1.29 is 8.42 Å². The Morgan fingerprint density at radius 2 is 1.53 bits per heavy atom. The smallest absolute Gasteiger partial charge is 0.212 e. The van der Waals surface area contributed by atoms with Gasteiger partial charge in [0, 0.05) is 5.54 Å². The average Bonchev–Trinajstić information content (AvgIpc) is 1.74. The van der Waals surface area contributed by atoms with Crippen LogP contribution in [0.5, 0.6) is 0 Å². The minimum absolute atomic E-state index is 0.123. The lowest BCUT2D eigenvalue weighted by molar-refractivity contribution is 0.269. The standard InChI is InChI=1S/C11H25NO2S/c1-7-8-15(13,14)12-11(5,6)9-10(2,3)4/h12H,7-9H2,1-6H3. The quantitative estimate of drug-likeness (QED) is 0.796. The average molecular weight is 235 g/mol. The highest BCUT2D eigenvalue weighted by Crippen LogP contribution is 2.27. The van der Waals surface area contributed by atoms with Gasteiger partial charge in [-0.25, -0.2) is 13.1 Å². The summed E-state index contributed by atoms with van der Waals surface area (Å²) >= 11 is 0. The molecule has 15 heavy (non-hydrogen) atoms. The minimum atomic E-state index is -3.11. The molecular formula is C11H25NO2S. The lowest BCUT2D eigenvalue weighted by Crippen LogP contribution is -2.46. The molecule has 0 aromatic heterocycles. The Labute approximate surface area is 94.7 Å². The molecule has 1 N–H and O–H groups in total. The van der Waals surface area contributed by atoms with Crippen molar-refractivity contribution in [3.8, 4) is 0 Å². The summed E-state index contributed by atoms with van der Waals surface area (Å²) in [6.07, 6.45) is 1.48. The van der Waals surface area contributed by atoms with E-state index in [4.69, 9.17) is 0 Å². The monoisotopic (exact) mass is 235 g/mol. The van der Waals surface area contributed by atoms with Crippen molar-refractivity contribution in [2.75, 3.05) is 5.75 Å². The van der Waals surface area contributed by atoms with E-state index in [1.54, 1.807) is 0 Å². The third-order valence-electron chi connectivity index (χ3n) is 1.88. The summed E-state index contributed by atoms with van der Waals surface area (Å²) in [4.78, 5) is 0. The van der Waals surface area contributed by atoms with Crippen LogP contribution < -0.4 is 4.72 Å². The largest absolute Gasteiger partial charge is 0.212 e. The molecule has 0 aliphatic rings. The van der Waals surface area contributed by atoms with E-state index < -0.39 is 10.0 Å². The number of nitrogens with one attached hydrogen (secondary N) is 1. The molecule has 0 fully saturated rings. The fourth-order valence-corrected chi connectivity index (χ4v) is 3.66. The Hall–Kier alpha value is -0.0900. The third-order valence-corrected chi connectivity index (χ3v) is 3.69. The molecule has 0 bridgehead atoms. The molecule has 0 aliphatic heterocycles. The molecule has 0 heterocycles. The fourth-order valence-electron chi connectivity index (χ4n) is 2.10. The molecule has 0 unspecified atom stereocenters. The molecule has 0 atom stereocenters. The molecule has 0 spiro atoms. The van der Waals surface area contributed by atoms with Crippen molar-refractivity contribution in [1.82, 2.24) is 4.72 Å². The Balaban J connectivity index is 4.51. The first-order chi connectivity index (χ1) is 6.47. The lowest BCUT2D eigenvalue weighted by atomic mass is 9.82. The first-order valence-electron chi connectivity index (χ1n) is 5.49. The van der Waals surface area contributed by atoms with Crippen LogP contribution in [0.15, 0.2) is 0 Å². The van der Waals surface area contributed by atoms with Crippen molar-refractivity contribution in [2.45, 2.75) is 59.9 Å². The zero-order valence-corrected chi connectivity index (χ0v) is 11.7. The predicted octanol–water partition coefficient (Wildman–Crippen LogP) is 2.53. The summed E-state index contributed by atoms with van der Waals surface area (Å²) < 4.78 is 26.0. The van der Waals surface area contributed by atoms with Crippen LogP contribution in [-0.2, 0) is 10.0 Å². The second kappa shape index (κ2) is 4.83. The van der Waals surface area contributed by atoms with Gasteiger partial charge in [-0.15, -0.1) is 0 Å². The summed E-state index contributed by atoms with van der Waals surface area (Å²) in [5.41, 5.74) is -0.246. The van der Waals surface area contributed by atoms with Crippen molar-refractivity contribution in [3.05, 3.63) is 0 Å². The maximum atomic E-state index is 11.6. The van der Waals surface area contributed by atoms with E-state index in [1.165, 1.54) is 0 Å². The van der Waals surface area contributed by atoms with Gasteiger partial charge in [-0.1, -0.05) is 27.7 Å². The van der Waals surface area contributed by atoms with Crippen LogP contribution >= 0.6 is 0 Å². The predicted molar refractivity (Wildman–Crippen MR) is 65.4 cm³/mol. The molecule has 4 heteroatoms. The van der Waals surface area contributed by atoms with E-state index in [2.05, 4.69) is 25.5 Å². The van der Waals surface area contributed by atoms with Crippen LogP contribution in [0.25, 0.3) is 0 Å². The lowest BCUT2D eigenvalue weighted by Gasteiger charge is -2.32. The molecule has 0 saturated carbocycles. The van der Waals surface area contributed by atoms with Crippen LogP contribution in [0.2, 0.25) is 0 Å². The molecule has 0 saturated heterocycles. The highest BCUT2D eigenvalue weighted by atomic mass is 32.2. The highest BCUT2D eigenvalue weighted by Gasteiger charge is 2.29. The first-order valence-corrected chi connectivity index (χ1v) is 7.14. The SMILES string of the molecule is CCCS(=O)(=O)NC(C)(C)CC(C)(C)C. The normalized spacial score (nSPS) is 14.3. The molecule has 0 aromatic carbocycles. The van der Waals surface area contributed by atoms with Crippen molar-refractivity contribution in [2.24, 2.45) is 5.41 Å². The number of hydrogen-bond acceptors (Lipinski definition) is 2. The Morgan fingerprint density at radius 3 is 1.87 bits per heavy atom. The van der Waals surface area contributed by atoms with Gasteiger partial charge in [0.1, 0.15) is 0 Å². The molecule has 0 radical (unpaired) electrons. The van der Waals surface area contributed by atoms with Crippen LogP contribution in [0, 0.1) is 5.41 Å². The maximum Gasteiger partial charge on any atom is 0.212 e. The van der Waals surface area contributed by atoms with Crippen LogP contribution in [0.3, 0.4) is 0 Å². The van der Waals surface area contributed by atoms with Gasteiger partial charge in [0.15, 0.2) is 0 Å². The van der Waals surface area contributed by atoms with E-state index in [-0.39, 0.29) is 16.7 Å². The molecule has 0 rings (SSSR count). The molecule has 3 nitrogen and oxygen atoms in total. The summed E-state index contributed by atoms with van der Waals surface area (Å²) in [5.74, 6) is 0.209. The number of sulfonamides is 1. The zero-order valence-electron chi connectivity index (χ0n) is 10.8. The van der Waals surface area contributed by atoms with Crippen molar-refractivity contribution in [1.29, 1.82) is 0 Å². The maximum absolute atomic E-state index is 11.6. The molecule has 92 valence electrons. The van der Waals surface area contributed by atoms with Gasteiger partial charge in [0.25, 0.3) is 0 Å². The summed E-state index contributed by atoms with van der Waals surface area (Å²) in [7, 11) is -3.11. The third kappa shape index (κ3) is 7.79. The van der Waals surface area contributed by atoms with Crippen LogP contribution in [0.4, 0.5) is 0 Å². The van der Waals surface area contributed by atoms with Crippen LogP contribution in [0.1, 0.15) is 54.4 Å². The number of rotatable bonds is 5. The van der Waals surface area contributed by atoms with Gasteiger partial charge >= 0.3 is 0 Å². The highest BCUT2D eigenvalue weighted by molar-refractivity contribution is 7.89. The van der Waals surface area contributed by atoms with Gasteiger partial charge in [-0.2, -0.15) is 0 Å². The molecule has 0 aromatic rings. The van der Waals surface area contributed by atoms with Crippen LogP contribution in [-0.4, -0.2) is 19.7 Å². The van der Waals surface area contributed by atoms with E-state index >= 15 is 0 Å².